The van der Waals surface area contributed by atoms with E-state index in [2.05, 4.69) is 9.88 Å². The van der Waals surface area contributed by atoms with Crippen LogP contribution in [0.3, 0.4) is 0 Å². The van der Waals surface area contributed by atoms with E-state index in [0.717, 1.165) is 42.4 Å². The molecule has 6 heteroatoms. The van der Waals surface area contributed by atoms with Crippen molar-refractivity contribution in [2.45, 2.75) is 19.8 Å². The highest BCUT2D eigenvalue weighted by molar-refractivity contribution is 7.22. The number of carbonyl (C=O) groups excluding carboxylic acids is 1. The molecule has 1 aromatic heterocycles. The van der Waals surface area contributed by atoms with E-state index in [-0.39, 0.29) is 11.7 Å². The molecule has 1 amide bonds. The van der Waals surface area contributed by atoms with Crippen LogP contribution in [-0.2, 0) is 4.79 Å². The number of nitrogens with zero attached hydrogens (tertiary/aromatic N) is 3. The Morgan fingerprint density at radius 2 is 2.10 bits per heavy atom. The highest BCUT2D eigenvalue weighted by atomic mass is 32.1. The van der Waals surface area contributed by atoms with Crippen molar-refractivity contribution < 1.29 is 9.18 Å². The Morgan fingerprint density at radius 1 is 1.33 bits per heavy atom. The molecule has 1 saturated heterocycles. The summed E-state index contributed by atoms with van der Waals surface area (Å²) in [4.78, 5) is 20.3. The van der Waals surface area contributed by atoms with Gasteiger partial charge >= 0.3 is 0 Å². The monoisotopic (exact) mass is 307 g/mol. The molecule has 112 valence electrons. The van der Waals surface area contributed by atoms with Gasteiger partial charge in [-0.15, -0.1) is 0 Å². The molecule has 0 aliphatic carbocycles. The summed E-state index contributed by atoms with van der Waals surface area (Å²) in [6.07, 6.45) is 1.50. The van der Waals surface area contributed by atoms with Gasteiger partial charge in [-0.2, -0.15) is 0 Å². The van der Waals surface area contributed by atoms with Crippen LogP contribution in [0.15, 0.2) is 18.2 Å². The molecule has 21 heavy (non-hydrogen) atoms. The average Bonchev–Trinajstić information content (AvgIpc) is 2.93. The Bertz CT molecular complexity index is 649. The standard InChI is InChI=1S/C15H18FN3OS/c1-2-4-13(20)18-7-9-19(10-8-18)15-17-14-11(16)5-3-6-12(14)21-15/h3,5-6H,2,4,7-10H2,1H3. The number of piperazine rings is 1. The first-order valence-electron chi connectivity index (χ1n) is 7.27. The Hall–Kier alpha value is -1.69. The summed E-state index contributed by atoms with van der Waals surface area (Å²) < 4.78 is 14.6. The molecule has 1 aliphatic rings. The number of aromatic nitrogens is 1. The van der Waals surface area contributed by atoms with Crippen molar-refractivity contribution >= 4 is 32.6 Å². The third-order valence-corrected chi connectivity index (χ3v) is 4.81. The maximum absolute atomic E-state index is 13.7. The lowest BCUT2D eigenvalue weighted by Crippen LogP contribution is -2.48. The molecule has 2 aromatic rings. The minimum atomic E-state index is -0.272. The quantitative estimate of drug-likeness (QED) is 0.875. The van der Waals surface area contributed by atoms with Gasteiger partial charge in [0.25, 0.3) is 0 Å². The van der Waals surface area contributed by atoms with Gasteiger partial charge in [0.15, 0.2) is 5.13 Å². The number of fused-ring (bicyclic) bond motifs is 1. The van der Waals surface area contributed by atoms with Crippen molar-refractivity contribution in [2.24, 2.45) is 0 Å². The van der Waals surface area contributed by atoms with Gasteiger partial charge in [-0.25, -0.2) is 9.37 Å². The number of thiazole rings is 1. The van der Waals surface area contributed by atoms with Gasteiger partial charge in [0.2, 0.25) is 5.91 Å². The highest BCUT2D eigenvalue weighted by Crippen LogP contribution is 2.30. The van der Waals surface area contributed by atoms with Crippen LogP contribution < -0.4 is 4.90 Å². The predicted molar refractivity (Wildman–Crippen MR) is 83.3 cm³/mol. The summed E-state index contributed by atoms with van der Waals surface area (Å²) >= 11 is 1.51. The summed E-state index contributed by atoms with van der Waals surface area (Å²) in [7, 11) is 0. The zero-order chi connectivity index (χ0) is 14.8. The van der Waals surface area contributed by atoms with Crippen LogP contribution in [0.25, 0.3) is 10.2 Å². The van der Waals surface area contributed by atoms with Gasteiger partial charge in [-0.1, -0.05) is 24.3 Å². The normalized spacial score (nSPS) is 15.7. The van der Waals surface area contributed by atoms with Gasteiger partial charge in [0.1, 0.15) is 11.3 Å². The number of carbonyl (C=O) groups is 1. The highest BCUT2D eigenvalue weighted by Gasteiger charge is 2.22. The van der Waals surface area contributed by atoms with E-state index in [9.17, 15) is 9.18 Å². The fourth-order valence-electron chi connectivity index (χ4n) is 2.56. The number of amides is 1. The lowest BCUT2D eigenvalue weighted by molar-refractivity contribution is -0.131. The van der Waals surface area contributed by atoms with E-state index in [1.165, 1.54) is 17.4 Å². The summed E-state index contributed by atoms with van der Waals surface area (Å²) in [5, 5.41) is 0.845. The molecule has 1 fully saturated rings. The average molecular weight is 307 g/mol. The molecule has 1 aliphatic heterocycles. The smallest absolute Gasteiger partial charge is 0.222 e. The molecule has 3 rings (SSSR count). The van der Waals surface area contributed by atoms with Crippen LogP contribution in [0.5, 0.6) is 0 Å². The lowest BCUT2D eigenvalue weighted by atomic mass is 10.2. The van der Waals surface area contributed by atoms with E-state index in [4.69, 9.17) is 0 Å². The number of benzene rings is 1. The second kappa shape index (κ2) is 5.97. The minimum absolute atomic E-state index is 0.229. The number of hydrogen-bond donors (Lipinski definition) is 0. The number of halogens is 1. The van der Waals surface area contributed by atoms with Crippen molar-refractivity contribution in [2.75, 3.05) is 31.1 Å². The van der Waals surface area contributed by atoms with E-state index < -0.39 is 0 Å². The maximum Gasteiger partial charge on any atom is 0.222 e. The molecule has 0 radical (unpaired) electrons. The second-order valence-corrected chi connectivity index (χ2v) is 6.21. The van der Waals surface area contributed by atoms with Crippen LogP contribution in [0.1, 0.15) is 19.8 Å². The Kier molecular flexibility index (Phi) is 4.05. The first kappa shape index (κ1) is 14.3. The Morgan fingerprint density at radius 3 is 2.76 bits per heavy atom. The summed E-state index contributed by atoms with van der Waals surface area (Å²) in [5.41, 5.74) is 0.446. The number of hydrogen-bond acceptors (Lipinski definition) is 4. The molecule has 0 bridgehead atoms. The molecule has 4 nitrogen and oxygen atoms in total. The van der Waals surface area contributed by atoms with Crippen molar-refractivity contribution in [1.29, 1.82) is 0 Å². The fourth-order valence-corrected chi connectivity index (χ4v) is 3.59. The summed E-state index contributed by atoms with van der Waals surface area (Å²) in [6, 6.07) is 5.04. The van der Waals surface area contributed by atoms with E-state index in [1.54, 1.807) is 6.07 Å². The molecular formula is C15H18FN3OS. The second-order valence-electron chi connectivity index (χ2n) is 5.20. The molecule has 1 aromatic carbocycles. The van der Waals surface area contributed by atoms with Crippen molar-refractivity contribution in [3.8, 4) is 0 Å². The van der Waals surface area contributed by atoms with Crippen molar-refractivity contribution in [1.82, 2.24) is 9.88 Å². The Labute approximate surface area is 127 Å². The van der Waals surface area contributed by atoms with Crippen molar-refractivity contribution in [3.05, 3.63) is 24.0 Å². The topological polar surface area (TPSA) is 36.4 Å². The number of rotatable bonds is 3. The summed E-state index contributed by atoms with van der Waals surface area (Å²) in [6.45, 7) is 4.98. The first-order valence-corrected chi connectivity index (χ1v) is 8.08. The largest absolute Gasteiger partial charge is 0.345 e. The van der Waals surface area contributed by atoms with E-state index in [0.29, 0.717) is 11.9 Å². The molecule has 2 heterocycles. The fraction of sp³-hybridized carbons (Fsp3) is 0.467. The lowest BCUT2D eigenvalue weighted by Gasteiger charge is -2.34. The van der Waals surface area contributed by atoms with Gasteiger partial charge in [0, 0.05) is 32.6 Å². The van der Waals surface area contributed by atoms with Crippen LogP contribution in [0.2, 0.25) is 0 Å². The van der Waals surface area contributed by atoms with Gasteiger partial charge < -0.3 is 9.80 Å². The molecule has 0 N–H and O–H groups in total. The molecule has 0 saturated carbocycles. The SMILES string of the molecule is CCCC(=O)N1CCN(c2nc3c(F)cccc3s2)CC1. The van der Waals surface area contributed by atoms with Crippen LogP contribution in [-0.4, -0.2) is 42.0 Å². The Balaban J connectivity index is 1.71. The first-order chi connectivity index (χ1) is 10.2. The van der Waals surface area contributed by atoms with Crippen LogP contribution >= 0.6 is 11.3 Å². The maximum atomic E-state index is 13.7. The summed E-state index contributed by atoms with van der Waals surface area (Å²) in [5.74, 6) is -0.0424. The predicted octanol–water partition coefficient (Wildman–Crippen LogP) is 2.88. The molecule has 0 spiro atoms. The van der Waals surface area contributed by atoms with E-state index in [1.807, 2.05) is 17.9 Å². The van der Waals surface area contributed by atoms with Gasteiger partial charge in [-0.3, -0.25) is 4.79 Å². The zero-order valence-electron chi connectivity index (χ0n) is 12.0. The minimum Gasteiger partial charge on any atom is -0.345 e. The zero-order valence-corrected chi connectivity index (χ0v) is 12.8. The molecule has 0 atom stereocenters. The third kappa shape index (κ3) is 2.85. The van der Waals surface area contributed by atoms with Gasteiger partial charge in [-0.05, 0) is 18.6 Å². The van der Waals surface area contributed by atoms with Crippen LogP contribution in [0.4, 0.5) is 9.52 Å². The van der Waals surface area contributed by atoms with Crippen LogP contribution in [0, 0.1) is 5.82 Å². The van der Waals surface area contributed by atoms with Crippen molar-refractivity contribution in [3.63, 3.8) is 0 Å². The molecule has 0 unspecified atom stereocenters. The van der Waals surface area contributed by atoms with E-state index >= 15 is 0 Å². The third-order valence-electron chi connectivity index (χ3n) is 3.73. The van der Waals surface area contributed by atoms with Gasteiger partial charge in [0.05, 0.1) is 4.70 Å². The number of para-hydroxylation sites is 1. The molecular weight excluding hydrogens is 289 g/mol. The number of anilines is 1.